The van der Waals surface area contributed by atoms with Crippen LogP contribution in [-0.4, -0.2) is 30.4 Å². The Morgan fingerprint density at radius 1 is 1.24 bits per heavy atom. The Balaban J connectivity index is 2.14. The fourth-order valence-corrected chi connectivity index (χ4v) is 4.84. The van der Waals surface area contributed by atoms with Crippen molar-refractivity contribution in [3.63, 3.8) is 0 Å². The van der Waals surface area contributed by atoms with Gasteiger partial charge in [-0.1, -0.05) is 0 Å². The average Bonchev–Trinajstić information content (AvgIpc) is 2.84. The highest BCUT2D eigenvalue weighted by Gasteiger charge is 2.16. The molecule has 0 amide bonds. The van der Waals surface area contributed by atoms with Gasteiger partial charge in [0.25, 0.3) is 0 Å². The highest BCUT2D eigenvalue weighted by Crippen LogP contribution is 2.24. The van der Waals surface area contributed by atoms with Gasteiger partial charge in [0, 0.05) is 15.6 Å². The molecule has 0 aliphatic carbocycles. The number of rotatable bonds is 5. The molecule has 2 rings (SSSR count). The van der Waals surface area contributed by atoms with Gasteiger partial charge in [0.05, 0.1) is 26.3 Å². The standard InChI is InChI=1S/C13H11BrO4S3/c1-21(17,18)10-4-2-9(3-5-10)20(16)8-12(15)13-11(14)6-7-19-13/h2-7H,8H2,1H3. The number of sulfone groups is 1. The summed E-state index contributed by atoms with van der Waals surface area (Å²) in [6.07, 6.45) is 1.11. The molecule has 0 aliphatic rings. The van der Waals surface area contributed by atoms with Crippen LogP contribution in [0.3, 0.4) is 0 Å². The van der Waals surface area contributed by atoms with Gasteiger partial charge in [0.1, 0.15) is 0 Å². The number of carbonyl (C=O) groups is 1. The Hall–Kier alpha value is -0.830. The number of hydrogen-bond acceptors (Lipinski definition) is 5. The molecule has 1 aromatic carbocycles. The molecule has 0 radical (unpaired) electrons. The lowest BCUT2D eigenvalue weighted by Crippen LogP contribution is -2.10. The molecule has 0 aliphatic heterocycles. The van der Waals surface area contributed by atoms with Crippen molar-refractivity contribution in [1.29, 1.82) is 0 Å². The molecule has 0 fully saturated rings. The van der Waals surface area contributed by atoms with Crippen molar-refractivity contribution >= 4 is 53.7 Å². The second-order valence-electron chi connectivity index (χ2n) is 4.25. The number of benzene rings is 1. The van der Waals surface area contributed by atoms with Gasteiger partial charge >= 0.3 is 0 Å². The topological polar surface area (TPSA) is 68.3 Å². The highest BCUT2D eigenvalue weighted by atomic mass is 79.9. The third-order valence-electron chi connectivity index (χ3n) is 2.65. The Bertz CT molecular complexity index is 791. The van der Waals surface area contributed by atoms with Crippen LogP contribution in [0.5, 0.6) is 0 Å². The predicted molar refractivity (Wildman–Crippen MR) is 87.2 cm³/mol. The number of ketones is 1. The molecular weight excluding hydrogens is 396 g/mol. The van der Waals surface area contributed by atoms with Gasteiger partial charge in [0.15, 0.2) is 15.6 Å². The second-order valence-corrected chi connectivity index (χ2v) is 9.49. The van der Waals surface area contributed by atoms with E-state index < -0.39 is 20.6 Å². The normalized spacial score (nSPS) is 13.0. The number of halogens is 1. The lowest BCUT2D eigenvalue weighted by atomic mass is 10.3. The zero-order valence-electron chi connectivity index (χ0n) is 10.9. The van der Waals surface area contributed by atoms with Crippen LogP contribution in [0.1, 0.15) is 9.67 Å². The summed E-state index contributed by atoms with van der Waals surface area (Å²) in [6.45, 7) is 0. The van der Waals surface area contributed by atoms with Crippen molar-refractivity contribution in [3.8, 4) is 0 Å². The van der Waals surface area contributed by atoms with Crippen LogP contribution in [0.2, 0.25) is 0 Å². The van der Waals surface area contributed by atoms with E-state index in [0.29, 0.717) is 14.2 Å². The number of carbonyl (C=O) groups excluding carboxylic acids is 1. The molecule has 0 N–H and O–H groups in total. The smallest absolute Gasteiger partial charge is 0.186 e. The van der Waals surface area contributed by atoms with E-state index in [1.54, 1.807) is 11.4 Å². The largest absolute Gasteiger partial charge is 0.292 e. The fourth-order valence-electron chi connectivity index (χ4n) is 1.60. The van der Waals surface area contributed by atoms with Crippen LogP contribution in [-0.2, 0) is 20.6 Å². The van der Waals surface area contributed by atoms with Crippen molar-refractivity contribution in [2.45, 2.75) is 9.79 Å². The summed E-state index contributed by atoms with van der Waals surface area (Å²) in [5.41, 5.74) is 0. The van der Waals surface area contributed by atoms with Crippen LogP contribution in [0.25, 0.3) is 0 Å². The lowest BCUT2D eigenvalue weighted by Gasteiger charge is -2.03. The van der Waals surface area contributed by atoms with Gasteiger partial charge in [-0.2, -0.15) is 0 Å². The fraction of sp³-hybridized carbons (Fsp3) is 0.154. The molecule has 8 heteroatoms. The third-order valence-corrected chi connectivity index (χ3v) is 6.98. The van der Waals surface area contributed by atoms with E-state index in [0.717, 1.165) is 6.26 Å². The molecule has 4 nitrogen and oxygen atoms in total. The summed E-state index contributed by atoms with van der Waals surface area (Å²) in [5.74, 6) is -0.334. The van der Waals surface area contributed by atoms with E-state index >= 15 is 0 Å². The highest BCUT2D eigenvalue weighted by molar-refractivity contribution is 9.10. The summed E-state index contributed by atoms with van der Waals surface area (Å²) in [4.78, 5) is 13.2. The van der Waals surface area contributed by atoms with Crippen molar-refractivity contribution in [1.82, 2.24) is 0 Å². The molecule has 2 aromatic rings. The number of thiophene rings is 1. The molecule has 1 aromatic heterocycles. The predicted octanol–water partition coefficient (Wildman–Crippen LogP) is 2.90. The molecule has 1 atom stereocenters. The van der Waals surface area contributed by atoms with E-state index in [-0.39, 0.29) is 16.4 Å². The summed E-state index contributed by atoms with van der Waals surface area (Å²) in [7, 11) is -4.78. The van der Waals surface area contributed by atoms with Gasteiger partial charge in [0.2, 0.25) is 0 Å². The second kappa shape index (κ2) is 6.51. The van der Waals surface area contributed by atoms with Crippen LogP contribution >= 0.6 is 27.3 Å². The molecule has 1 unspecified atom stereocenters. The minimum atomic E-state index is -3.28. The number of Topliss-reactive ketones (excluding diaryl/α,β-unsaturated/α-hetero) is 1. The van der Waals surface area contributed by atoms with Gasteiger partial charge in [-0.05, 0) is 51.6 Å². The maximum absolute atomic E-state index is 12.2. The Morgan fingerprint density at radius 3 is 2.33 bits per heavy atom. The van der Waals surface area contributed by atoms with Crippen LogP contribution < -0.4 is 0 Å². The molecule has 112 valence electrons. The Morgan fingerprint density at radius 2 is 1.86 bits per heavy atom. The first kappa shape index (κ1) is 16.5. The molecule has 0 saturated heterocycles. The first-order chi connectivity index (χ1) is 9.79. The van der Waals surface area contributed by atoms with Crippen molar-refractivity contribution in [3.05, 3.63) is 45.1 Å². The maximum Gasteiger partial charge on any atom is 0.186 e. The van der Waals surface area contributed by atoms with E-state index in [9.17, 15) is 17.4 Å². The molecule has 0 saturated carbocycles. The summed E-state index contributed by atoms with van der Waals surface area (Å²) in [6, 6.07) is 7.51. The van der Waals surface area contributed by atoms with E-state index in [2.05, 4.69) is 15.9 Å². The summed E-state index contributed by atoms with van der Waals surface area (Å²) in [5, 5.41) is 1.78. The average molecular weight is 407 g/mol. The van der Waals surface area contributed by atoms with Gasteiger partial charge < -0.3 is 0 Å². The monoisotopic (exact) mass is 406 g/mol. The Kier molecular flexibility index (Phi) is 5.13. The Labute approximate surface area is 137 Å². The lowest BCUT2D eigenvalue weighted by molar-refractivity contribution is 0.102. The van der Waals surface area contributed by atoms with Crippen molar-refractivity contribution in [2.24, 2.45) is 0 Å². The van der Waals surface area contributed by atoms with Gasteiger partial charge in [-0.3, -0.25) is 9.00 Å². The van der Waals surface area contributed by atoms with Crippen LogP contribution in [0.4, 0.5) is 0 Å². The van der Waals surface area contributed by atoms with E-state index in [1.807, 2.05) is 0 Å². The molecule has 1 heterocycles. The van der Waals surface area contributed by atoms with Crippen molar-refractivity contribution in [2.75, 3.05) is 12.0 Å². The number of hydrogen-bond donors (Lipinski definition) is 0. The molecule has 21 heavy (non-hydrogen) atoms. The summed E-state index contributed by atoms with van der Waals surface area (Å²) < 4.78 is 35.6. The van der Waals surface area contributed by atoms with Crippen LogP contribution in [0.15, 0.2) is 50.0 Å². The van der Waals surface area contributed by atoms with E-state index in [1.165, 1.54) is 35.6 Å². The zero-order valence-corrected chi connectivity index (χ0v) is 14.9. The van der Waals surface area contributed by atoms with Crippen molar-refractivity contribution < 1.29 is 17.4 Å². The SMILES string of the molecule is CS(=O)(=O)c1ccc(S(=O)CC(=O)c2sccc2Br)cc1. The quantitative estimate of drug-likeness (QED) is 0.715. The first-order valence-corrected chi connectivity index (χ1v) is 10.6. The minimum absolute atomic E-state index is 0.128. The van der Waals surface area contributed by atoms with E-state index in [4.69, 9.17) is 0 Å². The minimum Gasteiger partial charge on any atom is -0.292 e. The molecule has 0 spiro atoms. The molecule has 0 bridgehead atoms. The van der Waals surface area contributed by atoms with Gasteiger partial charge in [-0.15, -0.1) is 11.3 Å². The zero-order chi connectivity index (χ0) is 15.6. The van der Waals surface area contributed by atoms with Gasteiger partial charge in [-0.25, -0.2) is 8.42 Å². The maximum atomic E-state index is 12.2. The molecular formula is C13H11BrO4S3. The first-order valence-electron chi connectivity index (χ1n) is 5.74. The van der Waals surface area contributed by atoms with Crippen LogP contribution in [0, 0.1) is 0 Å². The summed E-state index contributed by atoms with van der Waals surface area (Å²) >= 11 is 4.56. The third kappa shape index (κ3) is 4.09.